The average Bonchev–Trinajstić information content (AvgIpc) is 3.22. The number of hydrogen-bond donors (Lipinski definition) is 1. The number of hydrogen-bond acceptors (Lipinski definition) is 8. The zero-order valence-electron chi connectivity index (χ0n) is 26.4. The number of aromatic nitrogens is 2. The molecule has 12 heteroatoms. The fourth-order valence-corrected chi connectivity index (χ4v) is 17.5. The second-order valence-electron chi connectivity index (χ2n) is 12.8. The van der Waals surface area contributed by atoms with E-state index in [1.165, 1.54) is 10.8 Å². The number of ether oxygens (including phenoxy) is 2. The van der Waals surface area contributed by atoms with Crippen molar-refractivity contribution in [2.75, 3.05) is 6.61 Å². The van der Waals surface area contributed by atoms with Crippen molar-refractivity contribution in [1.29, 1.82) is 0 Å². The van der Waals surface area contributed by atoms with E-state index in [0.717, 1.165) is 10.1 Å². The predicted octanol–water partition coefficient (Wildman–Crippen LogP) is 4.71. The molecule has 10 nitrogen and oxygen atoms in total. The van der Waals surface area contributed by atoms with Crippen molar-refractivity contribution >= 4 is 17.1 Å². The third-order valence-electron chi connectivity index (χ3n) is 8.61. The molecule has 2 aliphatic heterocycles. The summed E-state index contributed by atoms with van der Waals surface area (Å²) in [6, 6.07) is 9.52. The minimum Gasteiger partial charge on any atom is -0.414 e. The first kappa shape index (κ1) is 33.0. The summed E-state index contributed by atoms with van der Waals surface area (Å²) in [6.07, 6.45) is -2.20. The van der Waals surface area contributed by atoms with E-state index in [0.29, 0.717) is 5.56 Å². The molecular formula is C30H48N2O8Si2. The van der Waals surface area contributed by atoms with Gasteiger partial charge in [-0.15, -0.1) is 0 Å². The average molecular weight is 621 g/mol. The largest absolute Gasteiger partial charge is 0.414 e. The quantitative estimate of drug-likeness (QED) is 0.402. The molecule has 2 aliphatic rings. The monoisotopic (exact) mass is 620 g/mol. The van der Waals surface area contributed by atoms with Crippen LogP contribution in [0, 0.1) is 6.92 Å². The molecule has 0 saturated carbocycles. The molecule has 1 N–H and O–H groups in total. The lowest BCUT2D eigenvalue weighted by Crippen LogP contribution is -2.65. The van der Waals surface area contributed by atoms with Crippen molar-refractivity contribution in [3.05, 3.63) is 68.5 Å². The normalized spacial score (nSPS) is 25.7. The predicted molar refractivity (Wildman–Crippen MR) is 165 cm³/mol. The molecule has 0 radical (unpaired) electrons. The Bertz CT molecular complexity index is 1310. The van der Waals surface area contributed by atoms with Crippen LogP contribution in [-0.4, -0.2) is 56.3 Å². The van der Waals surface area contributed by atoms with Crippen LogP contribution in [0.4, 0.5) is 0 Å². The highest BCUT2D eigenvalue weighted by atomic mass is 28.5. The molecule has 1 aromatic carbocycles. The minimum atomic E-state index is -3.00. The van der Waals surface area contributed by atoms with Crippen LogP contribution in [0.2, 0.25) is 22.2 Å². The minimum absolute atomic E-state index is 0.0733. The fourth-order valence-electron chi connectivity index (χ4n) is 6.25. The molecule has 0 aliphatic carbocycles. The van der Waals surface area contributed by atoms with Gasteiger partial charge in [0.1, 0.15) is 25.0 Å². The first-order chi connectivity index (χ1) is 19.7. The molecule has 4 rings (SSSR count). The number of nitrogens with zero attached hydrogens (tertiary/aromatic N) is 2. The molecule has 3 unspecified atom stereocenters. The first-order valence-corrected chi connectivity index (χ1v) is 19.0. The Hall–Kier alpha value is -1.91. The van der Waals surface area contributed by atoms with E-state index >= 15 is 0 Å². The van der Waals surface area contributed by atoms with E-state index in [2.05, 4.69) is 55.4 Å². The molecule has 42 heavy (non-hydrogen) atoms. The number of rotatable bonds is 9. The van der Waals surface area contributed by atoms with Crippen LogP contribution in [0.3, 0.4) is 0 Å². The molecule has 0 bridgehead atoms. The summed E-state index contributed by atoms with van der Waals surface area (Å²) in [5.41, 5.74) is 0.646. The van der Waals surface area contributed by atoms with Crippen molar-refractivity contribution in [1.82, 2.24) is 9.13 Å². The smallest absolute Gasteiger partial charge is 0.335 e. The molecular weight excluding hydrogens is 573 g/mol. The maximum atomic E-state index is 13.7. The molecule has 234 valence electrons. The van der Waals surface area contributed by atoms with E-state index in [1.807, 2.05) is 30.3 Å². The van der Waals surface area contributed by atoms with Gasteiger partial charge in [-0.25, -0.2) is 9.36 Å². The molecule has 3 heterocycles. The Morgan fingerprint density at radius 3 is 2.12 bits per heavy atom. The van der Waals surface area contributed by atoms with Gasteiger partial charge in [0.15, 0.2) is 6.23 Å². The summed E-state index contributed by atoms with van der Waals surface area (Å²) in [5.74, 6) is 0. The van der Waals surface area contributed by atoms with Crippen molar-refractivity contribution in [3.63, 3.8) is 0 Å². The first-order valence-electron chi connectivity index (χ1n) is 15.0. The summed E-state index contributed by atoms with van der Waals surface area (Å²) < 4.78 is 35.4. The number of aliphatic hydroxyl groups is 1. The van der Waals surface area contributed by atoms with E-state index in [4.69, 9.17) is 22.4 Å². The van der Waals surface area contributed by atoms with Crippen LogP contribution in [0.5, 0.6) is 0 Å². The lowest BCUT2D eigenvalue weighted by Gasteiger charge is -2.51. The maximum absolute atomic E-state index is 13.7. The van der Waals surface area contributed by atoms with Crippen molar-refractivity contribution in [2.45, 2.75) is 122 Å². The lowest BCUT2D eigenvalue weighted by molar-refractivity contribution is -0.0614. The second-order valence-corrected chi connectivity index (χ2v) is 21.7. The van der Waals surface area contributed by atoms with Crippen LogP contribution in [0.1, 0.15) is 72.7 Å². The van der Waals surface area contributed by atoms with E-state index in [1.54, 1.807) is 6.92 Å². The standard InChI is InChI=1S/C30H48N2O8Si2/c1-19(2)41(20(3)4)37-17-25-27(39-42(40-41,21(5)6)22(7)8)26(33)29(38-25)31-15-23(9)28(34)32(30(31)35)18-36-16-24-13-11-10-12-14-24/h10-15,19-22,25-27,29,33H,16-18H2,1-9H3/t25?,26?,27-,29?/m1/s1. The summed E-state index contributed by atoms with van der Waals surface area (Å²) >= 11 is 0. The van der Waals surface area contributed by atoms with Gasteiger partial charge < -0.3 is 27.5 Å². The number of aliphatic hydroxyl groups excluding tert-OH is 1. The molecule has 2 saturated heterocycles. The Morgan fingerprint density at radius 2 is 1.55 bits per heavy atom. The highest BCUT2D eigenvalue weighted by Crippen LogP contribution is 2.48. The van der Waals surface area contributed by atoms with E-state index in [9.17, 15) is 14.7 Å². The van der Waals surface area contributed by atoms with Crippen LogP contribution in [-0.2, 0) is 35.8 Å². The Morgan fingerprint density at radius 1 is 0.952 bits per heavy atom. The molecule has 0 spiro atoms. The molecule has 2 fully saturated rings. The summed E-state index contributed by atoms with van der Waals surface area (Å²) in [4.78, 5) is 26.6. The van der Waals surface area contributed by atoms with Gasteiger partial charge in [-0.3, -0.25) is 9.36 Å². The lowest BCUT2D eigenvalue weighted by atomic mass is 10.1. The summed E-state index contributed by atoms with van der Waals surface area (Å²) in [7, 11) is -5.80. The van der Waals surface area contributed by atoms with Gasteiger partial charge >= 0.3 is 22.8 Å². The Labute approximate surface area is 251 Å². The van der Waals surface area contributed by atoms with Gasteiger partial charge in [-0.1, -0.05) is 85.7 Å². The number of fused-ring (bicyclic) bond motifs is 1. The van der Waals surface area contributed by atoms with Crippen LogP contribution < -0.4 is 11.2 Å². The SMILES string of the molecule is Cc1cn(C2OC3CO[Si](C(C)C)(C(C)C)O[Si](C(C)C)(C(C)C)O[C@H]3C2O)c(=O)n(COCc2ccccc2)c1=O. The van der Waals surface area contributed by atoms with Gasteiger partial charge in [0.2, 0.25) is 0 Å². The zero-order chi connectivity index (χ0) is 31.0. The third-order valence-corrected chi connectivity index (χ3v) is 18.9. The van der Waals surface area contributed by atoms with Gasteiger partial charge in [0.25, 0.3) is 5.56 Å². The summed E-state index contributed by atoms with van der Waals surface area (Å²) in [6.45, 7) is 18.8. The van der Waals surface area contributed by atoms with Gasteiger partial charge in [0, 0.05) is 11.8 Å². The van der Waals surface area contributed by atoms with Crippen molar-refractivity contribution < 1.29 is 27.5 Å². The van der Waals surface area contributed by atoms with Crippen LogP contribution in [0.15, 0.2) is 46.1 Å². The fraction of sp³-hybridized carbons (Fsp3) is 0.667. The second kappa shape index (κ2) is 13.0. The zero-order valence-corrected chi connectivity index (χ0v) is 28.4. The molecule has 1 aromatic heterocycles. The van der Waals surface area contributed by atoms with Gasteiger partial charge in [-0.2, -0.15) is 0 Å². The van der Waals surface area contributed by atoms with Gasteiger partial charge in [-0.05, 0) is 34.7 Å². The maximum Gasteiger partial charge on any atom is 0.335 e. The number of benzene rings is 1. The molecule has 0 amide bonds. The van der Waals surface area contributed by atoms with E-state index < -0.39 is 52.9 Å². The van der Waals surface area contributed by atoms with Crippen molar-refractivity contribution in [3.8, 4) is 0 Å². The Balaban J connectivity index is 1.69. The highest BCUT2D eigenvalue weighted by Gasteiger charge is 2.61. The summed E-state index contributed by atoms with van der Waals surface area (Å²) in [5, 5.41) is 11.7. The topological polar surface area (TPSA) is 110 Å². The van der Waals surface area contributed by atoms with Crippen molar-refractivity contribution in [2.24, 2.45) is 0 Å². The van der Waals surface area contributed by atoms with Crippen LogP contribution in [0.25, 0.3) is 0 Å². The Kier molecular flexibility index (Phi) is 10.2. The molecule has 2 aromatic rings. The highest BCUT2D eigenvalue weighted by molar-refractivity contribution is 6.84. The molecule has 4 atom stereocenters. The van der Waals surface area contributed by atoms with Gasteiger partial charge in [0.05, 0.1) is 13.2 Å². The van der Waals surface area contributed by atoms with E-state index in [-0.39, 0.29) is 42.1 Å². The van der Waals surface area contributed by atoms with Crippen LogP contribution >= 0.6 is 0 Å². The third kappa shape index (κ3) is 6.05. The number of aryl methyl sites for hydroxylation is 1.